The molecule has 5 nitrogen and oxygen atoms in total. The third-order valence-electron chi connectivity index (χ3n) is 5.76. The molecule has 0 radical (unpaired) electrons. The zero-order valence-corrected chi connectivity index (χ0v) is 14.7. The minimum atomic E-state index is 0.159. The largest absolute Gasteiger partial charge is 0.493 e. The molecule has 134 valence electrons. The first-order valence-corrected chi connectivity index (χ1v) is 9.52. The van der Waals surface area contributed by atoms with Crippen molar-refractivity contribution in [2.75, 3.05) is 32.8 Å². The fourth-order valence-electron chi connectivity index (χ4n) is 4.24. The molecule has 2 amide bonds. The molecular weight excluding hydrogens is 316 g/mol. The average Bonchev–Trinajstić information content (AvgIpc) is 3.32. The van der Waals surface area contributed by atoms with Crippen molar-refractivity contribution in [1.82, 2.24) is 9.80 Å². The first kappa shape index (κ1) is 16.4. The van der Waals surface area contributed by atoms with Crippen molar-refractivity contribution in [2.24, 2.45) is 5.92 Å². The van der Waals surface area contributed by atoms with Crippen LogP contribution in [0.3, 0.4) is 0 Å². The number of hydrogen-bond donors (Lipinski definition) is 0. The molecule has 1 aliphatic carbocycles. The molecule has 0 spiro atoms. The maximum absolute atomic E-state index is 12.6. The van der Waals surface area contributed by atoms with Gasteiger partial charge in [-0.05, 0) is 30.0 Å². The summed E-state index contributed by atoms with van der Waals surface area (Å²) in [6.45, 7) is 3.42. The molecule has 5 heteroatoms. The SMILES string of the molecule is O=C(Cc1ccc2c(c1)CCO2)N1CCN(C(=O)C2CCCC2)CC1. The monoisotopic (exact) mass is 342 g/mol. The summed E-state index contributed by atoms with van der Waals surface area (Å²) in [7, 11) is 0. The van der Waals surface area contributed by atoms with Gasteiger partial charge >= 0.3 is 0 Å². The standard InChI is InChI=1S/C20H26N2O3/c23-19(14-15-5-6-18-17(13-15)7-12-25-18)21-8-10-22(11-9-21)20(24)16-3-1-2-4-16/h5-6,13,16H,1-4,7-12,14H2. The van der Waals surface area contributed by atoms with Gasteiger partial charge in [-0.2, -0.15) is 0 Å². The Morgan fingerprint density at radius 2 is 1.76 bits per heavy atom. The normalized spacial score (nSPS) is 20.5. The smallest absolute Gasteiger partial charge is 0.227 e. The number of rotatable bonds is 3. The molecular formula is C20H26N2O3. The van der Waals surface area contributed by atoms with Gasteiger partial charge in [0.1, 0.15) is 5.75 Å². The highest BCUT2D eigenvalue weighted by molar-refractivity contribution is 5.81. The molecule has 1 saturated heterocycles. The number of hydrogen-bond acceptors (Lipinski definition) is 3. The van der Waals surface area contributed by atoms with Crippen LogP contribution in [0.4, 0.5) is 0 Å². The molecule has 1 aromatic carbocycles. The number of ether oxygens (including phenoxy) is 1. The molecule has 0 unspecified atom stereocenters. The topological polar surface area (TPSA) is 49.9 Å². The highest BCUT2D eigenvalue weighted by atomic mass is 16.5. The van der Waals surface area contributed by atoms with Gasteiger partial charge in [-0.3, -0.25) is 9.59 Å². The van der Waals surface area contributed by atoms with E-state index >= 15 is 0 Å². The van der Waals surface area contributed by atoms with Crippen LogP contribution in [0.5, 0.6) is 5.75 Å². The summed E-state index contributed by atoms with van der Waals surface area (Å²) >= 11 is 0. The Balaban J connectivity index is 1.30. The molecule has 1 saturated carbocycles. The minimum absolute atomic E-state index is 0.159. The van der Waals surface area contributed by atoms with Crippen molar-refractivity contribution in [1.29, 1.82) is 0 Å². The number of carbonyl (C=O) groups is 2. The van der Waals surface area contributed by atoms with E-state index < -0.39 is 0 Å². The first-order chi connectivity index (χ1) is 12.2. The number of piperazine rings is 1. The van der Waals surface area contributed by atoms with Crippen LogP contribution in [0.15, 0.2) is 18.2 Å². The number of amides is 2. The molecule has 2 heterocycles. The van der Waals surface area contributed by atoms with E-state index in [0.29, 0.717) is 38.5 Å². The maximum atomic E-state index is 12.6. The van der Waals surface area contributed by atoms with E-state index in [1.54, 1.807) is 0 Å². The Kier molecular flexibility index (Phi) is 4.64. The number of fused-ring (bicyclic) bond motifs is 1. The molecule has 0 N–H and O–H groups in total. The van der Waals surface area contributed by atoms with Crippen LogP contribution in [0, 0.1) is 5.92 Å². The van der Waals surface area contributed by atoms with E-state index in [-0.39, 0.29) is 11.8 Å². The Bertz CT molecular complexity index is 659. The molecule has 2 aliphatic heterocycles. The Morgan fingerprint density at radius 3 is 2.52 bits per heavy atom. The summed E-state index contributed by atoms with van der Waals surface area (Å²) in [5.41, 5.74) is 2.26. The Hall–Kier alpha value is -2.04. The van der Waals surface area contributed by atoms with Crippen LogP contribution < -0.4 is 4.74 Å². The van der Waals surface area contributed by atoms with Gasteiger partial charge < -0.3 is 14.5 Å². The fourth-order valence-corrected chi connectivity index (χ4v) is 4.24. The van der Waals surface area contributed by atoms with Crippen LogP contribution in [0.2, 0.25) is 0 Å². The van der Waals surface area contributed by atoms with Crippen molar-refractivity contribution < 1.29 is 14.3 Å². The van der Waals surface area contributed by atoms with E-state index in [1.165, 1.54) is 18.4 Å². The molecule has 0 bridgehead atoms. The summed E-state index contributed by atoms with van der Waals surface area (Å²) in [6.07, 6.45) is 5.81. The summed E-state index contributed by atoms with van der Waals surface area (Å²) in [5, 5.41) is 0. The summed E-state index contributed by atoms with van der Waals surface area (Å²) < 4.78 is 5.52. The Labute approximate surface area is 148 Å². The number of carbonyl (C=O) groups excluding carboxylic acids is 2. The maximum Gasteiger partial charge on any atom is 0.227 e. The van der Waals surface area contributed by atoms with Crippen LogP contribution in [-0.2, 0) is 22.4 Å². The molecule has 2 fully saturated rings. The van der Waals surface area contributed by atoms with Crippen LogP contribution in [0.25, 0.3) is 0 Å². The molecule has 0 atom stereocenters. The lowest BCUT2D eigenvalue weighted by Gasteiger charge is -2.36. The van der Waals surface area contributed by atoms with E-state index in [2.05, 4.69) is 6.07 Å². The zero-order chi connectivity index (χ0) is 17.2. The lowest BCUT2D eigenvalue weighted by atomic mass is 10.0. The second-order valence-electron chi connectivity index (χ2n) is 7.40. The summed E-state index contributed by atoms with van der Waals surface area (Å²) in [5.74, 6) is 1.65. The van der Waals surface area contributed by atoms with Gasteiger partial charge in [0.05, 0.1) is 13.0 Å². The second-order valence-corrected chi connectivity index (χ2v) is 7.40. The minimum Gasteiger partial charge on any atom is -0.493 e. The van der Waals surface area contributed by atoms with Crippen molar-refractivity contribution >= 4 is 11.8 Å². The van der Waals surface area contributed by atoms with Gasteiger partial charge in [-0.25, -0.2) is 0 Å². The van der Waals surface area contributed by atoms with Gasteiger partial charge in [0.15, 0.2) is 0 Å². The Morgan fingerprint density at radius 1 is 1.04 bits per heavy atom. The van der Waals surface area contributed by atoms with Crippen molar-refractivity contribution in [3.8, 4) is 5.75 Å². The average molecular weight is 342 g/mol. The second kappa shape index (κ2) is 7.06. The van der Waals surface area contributed by atoms with E-state index in [1.807, 2.05) is 21.9 Å². The van der Waals surface area contributed by atoms with Gasteiger partial charge in [0, 0.05) is 38.5 Å². The lowest BCUT2D eigenvalue weighted by molar-refractivity contribution is -0.141. The zero-order valence-electron chi connectivity index (χ0n) is 14.7. The summed E-state index contributed by atoms with van der Waals surface area (Å²) in [6, 6.07) is 6.06. The predicted molar refractivity (Wildman–Crippen MR) is 94.5 cm³/mol. The van der Waals surface area contributed by atoms with Gasteiger partial charge in [-0.15, -0.1) is 0 Å². The van der Waals surface area contributed by atoms with Crippen LogP contribution >= 0.6 is 0 Å². The van der Waals surface area contributed by atoms with Crippen molar-refractivity contribution in [3.63, 3.8) is 0 Å². The predicted octanol–water partition coefficient (Wildman–Crippen LogP) is 2.02. The van der Waals surface area contributed by atoms with Crippen LogP contribution in [-0.4, -0.2) is 54.4 Å². The highest BCUT2D eigenvalue weighted by Gasteiger charge is 2.30. The van der Waals surface area contributed by atoms with E-state index in [9.17, 15) is 9.59 Å². The van der Waals surface area contributed by atoms with Crippen molar-refractivity contribution in [2.45, 2.75) is 38.5 Å². The van der Waals surface area contributed by atoms with Crippen LogP contribution in [0.1, 0.15) is 36.8 Å². The molecule has 0 aromatic heterocycles. The third kappa shape index (κ3) is 3.51. The molecule has 4 rings (SSSR count). The van der Waals surface area contributed by atoms with Gasteiger partial charge in [-0.1, -0.05) is 25.0 Å². The molecule has 3 aliphatic rings. The van der Waals surface area contributed by atoms with E-state index in [0.717, 1.165) is 37.2 Å². The number of nitrogens with zero attached hydrogens (tertiary/aromatic N) is 2. The fraction of sp³-hybridized carbons (Fsp3) is 0.600. The van der Waals surface area contributed by atoms with E-state index in [4.69, 9.17) is 4.74 Å². The highest BCUT2D eigenvalue weighted by Crippen LogP contribution is 2.28. The molecule has 1 aromatic rings. The van der Waals surface area contributed by atoms with Gasteiger partial charge in [0.25, 0.3) is 0 Å². The quantitative estimate of drug-likeness (QED) is 0.844. The molecule has 25 heavy (non-hydrogen) atoms. The first-order valence-electron chi connectivity index (χ1n) is 9.52. The lowest BCUT2D eigenvalue weighted by Crippen LogP contribution is -2.52. The third-order valence-corrected chi connectivity index (χ3v) is 5.76. The summed E-state index contributed by atoms with van der Waals surface area (Å²) in [4.78, 5) is 28.9. The van der Waals surface area contributed by atoms with Gasteiger partial charge in [0.2, 0.25) is 11.8 Å². The number of benzene rings is 1. The van der Waals surface area contributed by atoms with Crippen molar-refractivity contribution in [3.05, 3.63) is 29.3 Å².